The first kappa shape index (κ1) is 16.1. The highest BCUT2D eigenvalue weighted by atomic mass is 32.2. The van der Waals surface area contributed by atoms with Gasteiger partial charge in [-0.25, -0.2) is 22.0 Å². The first-order valence-corrected chi connectivity index (χ1v) is 9.56. The molecule has 1 amide bonds. The Labute approximate surface area is 115 Å². The van der Waals surface area contributed by atoms with Crippen LogP contribution in [-0.2, 0) is 31.1 Å². The third-order valence-corrected chi connectivity index (χ3v) is 5.52. The number of primary sulfonamides is 1. The van der Waals surface area contributed by atoms with E-state index in [1.165, 1.54) is 12.1 Å². The summed E-state index contributed by atoms with van der Waals surface area (Å²) < 4.78 is 43.8. The maximum Gasteiger partial charge on any atom is 0.247 e. The number of hydrogen-bond acceptors (Lipinski definition) is 6. The van der Waals surface area contributed by atoms with Gasteiger partial charge in [0.05, 0.1) is 12.2 Å². The number of amides is 1. The van der Waals surface area contributed by atoms with Crippen molar-refractivity contribution in [3.63, 3.8) is 0 Å². The van der Waals surface area contributed by atoms with Crippen LogP contribution < -0.4 is 10.5 Å². The van der Waals surface area contributed by atoms with Gasteiger partial charge in [0.2, 0.25) is 15.9 Å². The van der Waals surface area contributed by atoms with E-state index >= 15 is 0 Å². The predicted octanol–water partition coefficient (Wildman–Crippen LogP) is -0.901. The Hall–Kier alpha value is -0.970. The van der Waals surface area contributed by atoms with Gasteiger partial charge in [0.15, 0.2) is 0 Å². The summed E-state index contributed by atoms with van der Waals surface area (Å²) in [5.74, 6) is -0.502. The molecule has 0 atom stereocenters. The highest BCUT2D eigenvalue weighted by Crippen LogP contribution is 2.20. The summed E-state index contributed by atoms with van der Waals surface area (Å²) in [4.78, 5) is 12.0. The molecule has 0 saturated heterocycles. The summed E-state index contributed by atoms with van der Waals surface area (Å²) in [6.45, 7) is 0.0328. The van der Waals surface area contributed by atoms with Gasteiger partial charge in [-0.3, -0.25) is 4.79 Å². The van der Waals surface area contributed by atoms with Crippen molar-refractivity contribution in [2.24, 2.45) is 5.14 Å². The number of thiophene rings is 1. The summed E-state index contributed by atoms with van der Waals surface area (Å²) in [6.07, 6.45) is 1.07. The third kappa shape index (κ3) is 6.14. The fraction of sp³-hybridized carbons (Fsp3) is 0.444. The number of nitrogens with two attached hydrogens (primary N) is 1. The Kier molecular flexibility index (Phi) is 5.07. The van der Waals surface area contributed by atoms with Gasteiger partial charge >= 0.3 is 0 Å². The van der Waals surface area contributed by atoms with Crippen molar-refractivity contribution in [1.82, 2.24) is 5.32 Å². The minimum Gasteiger partial charge on any atom is -0.355 e. The number of sulfonamides is 1. The molecule has 0 aliphatic carbocycles. The predicted molar refractivity (Wildman–Crippen MR) is 72.1 cm³/mol. The van der Waals surface area contributed by atoms with Crippen molar-refractivity contribution >= 4 is 37.1 Å². The standard InChI is InChI=1S/C9H14N2O5S3/c1-18(13,14)5-4-11-8(12)6-7-2-3-9(17-7)19(10,15)16/h2-3H,4-6H2,1H3,(H,11,12)(H2,10,15,16). The zero-order valence-corrected chi connectivity index (χ0v) is 12.6. The fourth-order valence-electron chi connectivity index (χ4n) is 1.20. The fourth-order valence-corrected chi connectivity index (χ4v) is 3.45. The van der Waals surface area contributed by atoms with E-state index in [2.05, 4.69) is 5.32 Å². The van der Waals surface area contributed by atoms with E-state index in [9.17, 15) is 21.6 Å². The van der Waals surface area contributed by atoms with Crippen molar-refractivity contribution in [2.45, 2.75) is 10.6 Å². The van der Waals surface area contributed by atoms with Crippen LogP contribution in [0.1, 0.15) is 4.88 Å². The lowest BCUT2D eigenvalue weighted by Crippen LogP contribution is -2.29. The van der Waals surface area contributed by atoms with Crippen molar-refractivity contribution in [3.8, 4) is 0 Å². The molecule has 0 radical (unpaired) electrons. The second kappa shape index (κ2) is 5.99. The van der Waals surface area contributed by atoms with Crippen molar-refractivity contribution < 1.29 is 21.6 Å². The average molecular weight is 326 g/mol. The molecule has 7 nitrogen and oxygen atoms in total. The Morgan fingerprint density at radius 1 is 1.32 bits per heavy atom. The zero-order valence-electron chi connectivity index (χ0n) is 10.1. The molecule has 0 unspecified atom stereocenters. The smallest absolute Gasteiger partial charge is 0.247 e. The van der Waals surface area contributed by atoms with E-state index in [1.54, 1.807) is 0 Å². The second-order valence-electron chi connectivity index (χ2n) is 3.92. The lowest BCUT2D eigenvalue weighted by Gasteiger charge is -2.02. The lowest BCUT2D eigenvalue weighted by atomic mass is 10.3. The summed E-state index contributed by atoms with van der Waals surface area (Å²) in [5.41, 5.74) is 0. The van der Waals surface area contributed by atoms with E-state index in [4.69, 9.17) is 5.14 Å². The largest absolute Gasteiger partial charge is 0.355 e. The number of hydrogen-bond donors (Lipinski definition) is 2. The van der Waals surface area contributed by atoms with Gasteiger partial charge in [0.25, 0.3) is 0 Å². The molecular formula is C9H14N2O5S3. The molecule has 10 heteroatoms. The van der Waals surface area contributed by atoms with E-state index < -0.39 is 19.9 Å². The van der Waals surface area contributed by atoms with E-state index in [-0.39, 0.29) is 28.8 Å². The van der Waals surface area contributed by atoms with Crippen LogP contribution in [0.2, 0.25) is 0 Å². The number of sulfone groups is 1. The molecule has 0 spiro atoms. The van der Waals surface area contributed by atoms with E-state index in [1.807, 2.05) is 0 Å². The van der Waals surface area contributed by atoms with Crippen LogP contribution >= 0.6 is 11.3 Å². The first-order chi connectivity index (χ1) is 8.58. The highest BCUT2D eigenvalue weighted by Gasteiger charge is 2.13. The summed E-state index contributed by atoms with van der Waals surface area (Å²) in [6, 6.07) is 2.83. The molecule has 1 rings (SSSR count). The molecule has 0 aliphatic heterocycles. The molecule has 0 fully saturated rings. The van der Waals surface area contributed by atoms with Crippen molar-refractivity contribution in [1.29, 1.82) is 0 Å². The topological polar surface area (TPSA) is 123 Å². The second-order valence-corrected chi connectivity index (χ2v) is 9.14. The van der Waals surface area contributed by atoms with E-state index in [0.29, 0.717) is 4.88 Å². The van der Waals surface area contributed by atoms with Crippen LogP contribution in [-0.4, -0.2) is 41.3 Å². The molecule has 0 saturated carbocycles. The van der Waals surface area contributed by atoms with Gasteiger partial charge in [0.1, 0.15) is 14.0 Å². The Morgan fingerprint density at radius 2 is 1.95 bits per heavy atom. The SMILES string of the molecule is CS(=O)(=O)CCNC(=O)Cc1ccc(S(N)(=O)=O)s1. The highest BCUT2D eigenvalue weighted by molar-refractivity contribution is 7.91. The van der Waals surface area contributed by atoms with E-state index in [0.717, 1.165) is 17.6 Å². The summed E-state index contributed by atoms with van der Waals surface area (Å²) in [5, 5.41) is 7.39. The number of rotatable bonds is 6. The van der Waals surface area contributed by atoms with Crippen molar-refractivity contribution in [3.05, 3.63) is 17.0 Å². The van der Waals surface area contributed by atoms with Gasteiger partial charge in [-0.1, -0.05) is 0 Å². The van der Waals surface area contributed by atoms with Crippen molar-refractivity contribution in [2.75, 3.05) is 18.6 Å². The molecule has 3 N–H and O–H groups in total. The Bertz CT molecular complexity index is 660. The molecule has 108 valence electrons. The normalized spacial score (nSPS) is 12.3. The van der Waals surface area contributed by atoms with Crippen LogP contribution in [0.25, 0.3) is 0 Å². The van der Waals surface area contributed by atoms with Gasteiger partial charge in [-0.05, 0) is 12.1 Å². The van der Waals surface area contributed by atoms with Crippen LogP contribution in [0.3, 0.4) is 0 Å². The lowest BCUT2D eigenvalue weighted by molar-refractivity contribution is -0.120. The number of carbonyl (C=O) groups is 1. The van der Waals surface area contributed by atoms with Crippen LogP contribution in [0.4, 0.5) is 0 Å². The monoisotopic (exact) mass is 326 g/mol. The van der Waals surface area contributed by atoms with Gasteiger partial charge in [0, 0.05) is 17.7 Å². The Morgan fingerprint density at radius 3 is 2.42 bits per heavy atom. The van der Waals surface area contributed by atoms with Gasteiger partial charge < -0.3 is 5.32 Å². The molecule has 0 aliphatic rings. The van der Waals surface area contributed by atoms with Gasteiger partial charge in [-0.15, -0.1) is 11.3 Å². The minimum absolute atomic E-state index is 0.00793. The molecule has 19 heavy (non-hydrogen) atoms. The molecule has 0 bridgehead atoms. The maximum absolute atomic E-state index is 11.5. The van der Waals surface area contributed by atoms with Crippen LogP contribution in [0.15, 0.2) is 16.3 Å². The number of carbonyl (C=O) groups excluding carboxylic acids is 1. The summed E-state index contributed by atoms with van der Waals surface area (Å²) >= 11 is 0.915. The third-order valence-electron chi connectivity index (χ3n) is 2.05. The van der Waals surface area contributed by atoms with Crippen LogP contribution in [0, 0.1) is 0 Å². The average Bonchev–Trinajstić information content (AvgIpc) is 2.63. The minimum atomic E-state index is -3.75. The first-order valence-electron chi connectivity index (χ1n) is 5.14. The molecular weight excluding hydrogens is 312 g/mol. The van der Waals surface area contributed by atoms with Crippen LogP contribution in [0.5, 0.6) is 0 Å². The summed E-state index contributed by atoms with van der Waals surface area (Å²) in [7, 11) is -6.86. The number of nitrogens with one attached hydrogen (secondary N) is 1. The molecule has 1 aromatic rings. The van der Waals surface area contributed by atoms with Gasteiger partial charge in [-0.2, -0.15) is 0 Å². The molecule has 1 aromatic heterocycles. The molecule has 0 aromatic carbocycles. The maximum atomic E-state index is 11.5. The zero-order chi connectivity index (χ0) is 14.7. The quantitative estimate of drug-likeness (QED) is 0.701. The molecule has 1 heterocycles. The Balaban J connectivity index is 2.52.